The van der Waals surface area contributed by atoms with Gasteiger partial charge in [-0.05, 0) is 6.92 Å². The highest BCUT2D eigenvalue weighted by Gasteiger charge is 2.44. The van der Waals surface area contributed by atoms with Gasteiger partial charge in [0.25, 0.3) is 5.91 Å². The molecule has 27 heavy (non-hydrogen) atoms. The lowest BCUT2D eigenvalue weighted by Gasteiger charge is -2.24. The van der Waals surface area contributed by atoms with Gasteiger partial charge in [-0.3, -0.25) is 19.4 Å². The average Bonchev–Trinajstić information content (AvgIpc) is 2.88. The van der Waals surface area contributed by atoms with Crippen molar-refractivity contribution in [2.24, 2.45) is 5.92 Å². The topological polar surface area (TPSA) is 198 Å². The predicted octanol–water partition coefficient (Wildman–Crippen LogP) is -0.525. The molecular formula is C11H18NO12P3. The Balaban J connectivity index is 1.95. The zero-order chi connectivity index (χ0) is 20.4. The number of aliphatic hydroxyl groups is 1. The van der Waals surface area contributed by atoms with Crippen molar-refractivity contribution >= 4 is 36.5 Å². The Bertz CT molecular complexity index is 725. The highest BCUT2D eigenvalue weighted by Crippen LogP contribution is 2.62. The zero-order valence-corrected chi connectivity index (χ0v) is 16.5. The second kappa shape index (κ2) is 8.86. The largest absolute Gasteiger partial charge is 0.486 e. The van der Waals surface area contributed by atoms with Crippen LogP contribution in [0.4, 0.5) is 0 Å². The molecule has 0 aromatic rings. The second-order valence-electron chi connectivity index (χ2n) is 5.71. The molecule has 0 aliphatic carbocycles. The van der Waals surface area contributed by atoms with Crippen molar-refractivity contribution in [2.45, 2.75) is 31.7 Å². The smallest absolute Gasteiger partial charge is 0.390 e. The molecule has 2 rings (SSSR count). The number of hydrogen-bond donors (Lipinski definition) is 5. The maximum atomic E-state index is 11.9. The molecule has 0 radical (unpaired) electrons. The molecule has 0 aromatic heterocycles. The van der Waals surface area contributed by atoms with Crippen LogP contribution in [0.15, 0.2) is 11.6 Å². The molecule has 154 valence electrons. The van der Waals surface area contributed by atoms with Gasteiger partial charge in [0.1, 0.15) is 6.10 Å². The molecule has 0 bridgehead atoms. The van der Waals surface area contributed by atoms with Gasteiger partial charge in [0.15, 0.2) is 9.03 Å². The Morgan fingerprint density at radius 3 is 2.63 bits per heavy atom. The highest BCUT2D eigenvalue weighted by atomic mass is 31.3. The normalized spacial score (nSPS) is 33.6. The summed E-state index contributed by atoms with van der Waals surface area (Å²) in [6.07, 6.45) is -1.76. The van der Waals surface area contributed by atoms with Crippen molar-refractivity contribution in [3.8, 4) is 0 Å². The van der Waals surface area contributed by atoms with Crippen LogP contribution in [0.25, 0.3) is 0 Å². The molecule has 0 saturated carbocycles. The summed E-state index contributed by atoms with van der Waals surface area (Å²) in [5.74, 6) is -1.99. The van der Waals surface area contributed by atoms with E-state index in [9.17, 15) is 28.7 Å². The van der Waals surface area contributed by atoms with Gasteiger partial charge in [0.05, 0.1) is 24.7 Å². The number of phosphoric acid groups is 2. The van der Waals surface area contributed by atoms with Crippen LogP contribution in [0.2, 0.25) is 0 Å². The molecule has 2 aliphatic rings. The average molecular weight is 449 g/mol. The fourth-order valence-corrected chi connectivity index (χ4v) is 4.94. The van der Waals surface area contributed by atoms with Crippen molar-refractivity contribution in [3.05, 3.63) is 11.6 Å². The monoisotopic (exact) mass is 449 g/mol. The maximum absolute atomic E-state index is 11.9. The number of nitrogens with one attached hydrogen (secondary N) is 1. The maximum Gasteiger partial charge on any atom is 0.486 e. The second-order valence-corrected chi connectivity index (χ2v) is 9.41. The zero-order valence-electron chi connectivity index (χ0n) is 13.8. The Hall–Kier alpha value is -0.550. The first-order valence-electron chi connectivity index (χ1n) is 7.40. The molecular weight excluding hydrogens is 431 g/mol. The fraction of sp³-hybridized carbons (Fsp3) is 0.636. The molecule has 2 amide bonds. The van der Waals surface area contributed by atoms with Crippen LogP contribution in [0, 0.1) is 5.92 Å². The van der Waals surface area contributed by atoms with Crippen LogP contribution in [0.3, 0.4) is 0 Å². The van der Waals surface area contributed by atoms with Crippen LogP contribution in [0.1, 0.15) is 13.3 Å². The molecule has 4 unspecified atom stereocenters. The van der Waals surface area contributed by atoms with Crippen molar-refractivity contribution in [1.29, 1.82) is 0 Å². The van der Waals surface area contributed by atoms with E-state index in [1.807, 2.05) is 0 Å². The van der Waals surface area contributed by atoms with E-state index in [1.54, 1.807) is 0 Å². The van der Waals surface area contributed by atoms with E-state index in [0.717, 1.165) is 0 Å². The summed E-state index contributed by atoms with van der Waals surface area (Å²) in [7, 11) is -11.6. The third-order valence-corrected chi connectivity index (χ3v) is 7.12. The summed E-state index contributed by atoms with van der Waals surface area (Å²) in [4.78, 5) is 50.2. The molecule has 1 fully saturated rings. The molecule has 0 aromatic carbocycles. The van der Waals surface area contributed by atoms with E-state index >= 15 is 0 Å². The standard InChI is InChI=1S/C11H18NO12P3/c1-5-2-6(11(15)12-10(5)14)8-3-7(13)9(22-8)4-21-26(17,18)24-27(19,20)23-25-16/h2,6-9,13,16,25H,3-4H2,1H3,(H,17,18)(H,19,20)(H,12,14,15)/t6?,7-,8-,9-/m1/s1. The van der Waals surface area contributed by atoms with Crippen LogP contribution in [-0.2, 0) is 36.6 Å². The van der Waals surface area contributed by atoms with Gasteiger partial charge in [0, 0.05) is 12.0 Å². The summed E-state index contributed by atoms with van der Waals surface area (Å²) in [6, 6.07) is 0. The molecule has 7 atom stereocenters. The number of rotatable bonds is 8. The van der Waals surface area contributed by atoms with E-state index < -0.39 is 67.3 Å². The number of phosphoric ester groups is 1. The van der Waals surface area contributed by atoms with Crippen molar-refractivity contribution in [3.63, 3.8) is 0 Å². The third kappa shape index (κ3) is 6.22. The lowest BCUT2D eigenvalue weighted by molar-refractivity contribution is -0.134. The van der Waals surface area contributed by atoms with Gasteiger partial charge in [-0.15, -0.1) is 0 Å². The fourth-order valence-electron chi connectivity index (χ4n) is 2.52. The van der Waals surface area contributed by atoms with Gasteiger partial charge in [-0.2, -0.15) is 4.31 Å². The number of hydrogen-bond acceptors (Lipinski definition) is 10. The number of amides is 2. The molecule has 2 aliphatic heterocycles. The van der Waals surface area contributed by atoms with Gasteiger partial charge in [-0.25, -0.2) is 13.4 Å². The Morgan fingerprint density at radius 1 is 1.33 bits per heavy atom. The van der Waals surface area contributed by atoms with Gasteiger partial charge < -0.3 is 24.5 Å². The lowest BCUT2D eigenvalue weighted by Crippen LogP contribution is -2.44. The first kappa shape index (κ1) is 22.7. The van der Waals surface area contributed by atoms with Crippen molar-refractivity contribution in [1.82, 2.24) is 5.32 Å². The minimum Gasteiger partial charge on any atom is -0.390 e. The van der Waals surface area contributed by atoms with Crippen molar-refractivity contribution in [2.75, 3.05) is 6.61 Å². The molecule has 0 spiro atoms. The minimum atomic E-state index is -5.08. The summed E-state index contributed by atoms with van der Waals surface area (Å²) < 4.78 is 40.7. The number of carbonyl (C=O) groups excluding carboxylic acids is 2. The summed E-state index contributed by atoms with van der Waals surface area (Å²) >= 11 is 0. The third-order valence-electron chi connectivity index (χ3n) is 3.74. The highest BCUT2D eigenvalue weighted by molar-refractivity contribution is 7.63. The Kier molecular flexibility index (Phi) is 7.46. The summed E-state index contributed by atoms with van der Waals surface area (Å²) in [5, 5.41) is 12.2. The molecule has 16 heteroatoms. The van der Waals surface area contributed by atoms with Crippen LogP contribution in [0.5, 0.6) is 0 Å². The SMILES string of the molecule is CC1=CC([C@H]2C[C@@H](O)[C@@H](COP(=O)(O)OP(=O)(O)OPO)O2)C(=O)NC1=O. The summed E-state index contributed by atoms with van der Waals surface area (Å²) in [5.41, 5.74) is 0.300. The first-order valence-corrected chi connectivity index (χ1v) is 11.2. The van der Waals surface area contributed by atoms with E-state index in [-0.39, 0.29) is 6.42 Å². The quantitative estimate of drug-likeness (QED) is 0.235. The van der Waals surface area contributed by atoms with E-state index in [2.05, 4.69) is 18.5 Å². The number of carbonyl (C=O) groups is 2. The Labute approximate surface area is 154 Å². The Morgan fingerprint density at radius 2 is 2.00 bits per heavy atom. The van der Waals surface area contributed by atoms with Crippen LogP contribution < -0.4 is 5.32 Å². The first-order chi connectivity index (χ1) is 12.4. The lowest BCUT2D eigenvalue weighted by atomic mass is 9.93. The molecule has 5 N–H and O–H groups in total. The predicted molar refractivity (Wildman–Crippen MR) is 88.0 cm³/mol. The number of ether oxygens (including phenoxy) is 1. The summed E-state index contributed by atoms with van der Waals surface area (Å²) in [6.45, 7) is 0.797. The van der Waals surface area contributed by atoms with Crippen LogP contribution >= 0.6 is 24.7 Å². The van der Waals surface area contributed by atoms with E-state index in [1.165, 1.54) is 13.0 Å². The van der Waals surface area contributed by atoms with Crippen molar-refractivity contribution < 1.29 is 56.4 Å². The van der Waals surface area contributed by atoms with E-state index in [4.69, 9.17) is 14.5 Å². The van der Waals surface area contributed by atoms with Gasteiger partial charge >= 0.3 is 15.6 Å². The minimum absolute atomic E-state index is 0.0199. The van der Waals surface area contributed by atoms with Crippen LogP contribution in [-0.4, -0.2) is 56.5 Å². The van der Waals surface area contributed by atoms with Gasteiger partial charge in [-0.1, -0.05) is 6.08 Å². The van der Waals surface area contributed by atoms with Gasteiger partial charge in [0.2, 0.25) is 5.91 Å². The van der Waals surface area contributed by atoms with E-state index in [0.29, 0.717) is 5.57 Å². The molecule has 1 saturated heterocycles. The molecule has 2 heterocycles. The number of imide groups is 1. The molecule has 13 nitrogen and oxygen atoms in total. The number of aliphatic hydroxyl groups excluding tert-OH is 1.